The van der Waals surface area contributed by atoms with Crippen molar-refractivity contribution in [2.45, 2.75) is 45.9 Å². The Bertz CT molecular complexity index is 1160. The number of hydrogen-bond acceptors (Lipinski definition) is 0. The van der Waals surface area contributed by atoms with Gasteiger partial charge in [-0.1, -0.05) is 58.0 Å². The van der Waals surface area contributed by atoms with E-state index in [4.69, 9.17) is 5.48 Å². The maximum absolute atomic E-state index is 8.38. The fourth-order valence-electron chi connectivity index (χ4n) is 4.24. The van der Waals surface area contributed by atoms with Crippen LogP contribution < -0.4 is 4.57 Å². The fraction of sp³-hybridized carbons (Fsp3) is 0.320. The van der Waals surface area contributed by atoms with Gasteiger partial charge in [-0.3, -0.25) is 0 Å². The third kappa shape index (κ3) is 2.41. The lowest BCUT2D eigenvalue weighted by atomic mass is 9.81. The molecule has 1 atom stereocenters. The van der Waals surface area contributed by atoms with Crippen molar-refractivity contribution in [2.75, 3.05) is 0 Å². The molecule has 1 nitrogen and oxygen atoms in total. The van der Waals surface area contributed by atoms with Crippen LogP contribution in [0.3, 0.4) is 0 Å². The molecule has 3 aromatic rings. The topological polar surface area (TPSA) is 3.88 Å². The summed E-state index contributed by atoms with van der Waals surface area (Å²) in [5.74, 6) is -1.65. The standard InChI is InChI=1S/C25H28N/c1-16(2)18-11-12-24(26(6)15-18)20-14-23-21(13-17(20)3)19-9-7-8-10-22(19)25(23,4)5/h7-16H,1-6H3/q+1/i1D3,16D. The van der Waals surface area contributed by atoms with Gasteiger partial charge in [0.2, 0.25) is 5.69 Å². The highest BCUT2D eigenvalue weighted by atomic mass is 14.9. The molecule has 0 fully saturated rings. The van der Waals surface area contributed by atoms with E-state index in [1.807, 2.05) is 17.7 Å². The van der Waals surface area contributed by atoms with Crippen LogP contribution in [0.5, 0.6) is 0 Å². The number of fused-ring (bicyclic) bond motifs is 3. The summed E-state index contributed by atoms with van der Waals surface area (Å²) in [4.78, 5) is 0. The van der Waals surface area contributed by atoms with Gasteiger partial charge in [-0.25, -0.2) is 4.57 Å². The second kappa shape index (κ2) is 5.81. The molecule has 1 heteroatoms. The molecule has 0 spiro atoms. The molecule has 2 aromatic carbocycles. The molecule has 0 radical (unpaired) electrons. The first kappa shape index (κ1) is 12.9. The molecule has 1 aromatic heterocycles. The first-order valence-electron chi connectivity index (χ1n) is 11.1. The SMILES string of the molecule is [2H]C([2H])([2H])C([2H])(C)c1ccc(-c2cc3c(cc2C)-c2ccccc2C3(C)C)[n+](C)c1. The average Bonchev–Trinajstić information content (AvgIpc) is 2.88. The molecule has 0 bridgehead atoms. The number of hydrogen-bond donors (Lipinski definition) is 0. The van der Waals surface area contributed by atoms with E-state index >= 15 is 0 Å². The molecule has 1 unspecified atom stereocenters. The average molecular weight is 347 g/mol. The molecular weight excluding hydrogens is 314 g/mol. The Morgan fingerprint density at radius 3 is 2.50 bits per heavy atom. The molecule has 26 heavy (non-hydrogen) atoms. The molecule has 132 valence electrons. The predicted molar refractivity (Wildman–Crippen MR) is 109 cm³/mol. The van der Waals surface area contributed by atoms with Crippen LogP contribution in [-0.2, 0) is 12.5 Å². The number of aryl methyl sites for hydroxylation is 2. The van der Waals surface area contributed by atoms with Gasteiger partial charge in [0.1, 0.15) is 7.05 Å². The molecule has 1 heterocycles. The minimum Gasteiger partial charge on any atom is -0.201 e. The van der Waals surface area contributed by atoms with E-state index in [-0.39, 0.29) is 5.41 Å². The molecule has 0 saturated heterocycles. The lowest BCUT2D eigenvalue weighted by Crippen LogP contribution is -2.31. The van der Waals surface area contributed by atoms with Gasteiger partial charge in [0, 0.05) is 28.1 Å². The Labute approximate surface area is 163 Å². The van der Waals surface area contributed by atoms with Gasteiger partial charge in [-0.2, -0.15) is 0 Å². The summed E-state index contributed by atoms with van der Waals surface area (Å²) in [5.41, 5.74) is 8.96. The van der Waals surface area contributed by atoms with Crippen LogP contribution in [0.15, 0.2) is 54.7 Å². The summed E-state index contributed by atoms with van der Waals surface area (Å²) in [6.07, 6.45) is 1.78. The highest BCUT2D eigenvalue weighted by molar-refractivity contribution is 5.84. The van der Waals surface area contributed by atoms with E-state index in [0.29, 0.717) is 5.56 Å². The molecule has 1 aliphatic carbocycles. The molecule has 0 aliphatic heterocycles. The van der Waals surface area contributed by atoms with Crippen molar-refractivity contribution in [1.29, 1.82) is 0 Å². The zero-order valence-electron chi connectivity index (χ0n) is 20.1. The van der Waals surface area contributed by atoms with E-state index < -0.39 is 12.7 Å². The summed E-state index contributed by atoms with van der Waals surface area (Å²) in [5, 5.41) is 0. The lowest BCUT2D eigenvalue weighted by Gasteiger charge is -2.22. The zero-order chi connectivity index (χ0) is 22.1. The summed E-state index contributed by atoms with van der Waals surface area (Å²) in [7, 11) is 1.92. The van der Waals surface area contributed by atoms with Crippen LogP contribution in [0.2, 0.25) is 0 Å². The second-order valence-electron chi connectivity index (χ2n) is 7.92. The number of benzene rings is 2. The van der Waals surface area contributed by atoms with Crippen LogP contribution >= 0.6 is 0 Å². The molecule has 0 saturated carbocycles. The first-order chi connectivity index (χ1) is 13.9. The normalized spacial score (nSPS) is 19.4. The van der Waals surface area contributed by atoms with Gasteiger partial charge in [0.15, 0.2) is 6.20 Å². The minimum absolute atomic E-state index is 0.0755. The van der Waals surface area contributed by atoms with Crippen LogP contribution in [0.1, 0.15) is 61.3 Å². The van der Waals surface area contributed by atoms with Crippen LogP contribution in [-0.4, -0.2) is 0 Å². The Morgan fingerprint density at radius 1 is 1.00 bits per heavy atom. The second-order valence-corrected chi connectivity index (χ2v) is 7.92. The number of aromatic nitrogens is 1. The van der Waals surface area contributed by atoms with Gasteiger partial charge >= 0.3 is 0 Å². The third-order valence-corrected chi connectivity index (χ3v) is 5.77. The molecule has 1 aliphatic rings. The minimum atomic E-state index is -2.39. The van der Waals surface area contributed by atoms with Crippen molar-refractivity contribution in [3.05, 3.63) is 77.0 Å². The monoisotopic (exact) mass is 346 g/mol. The number of pyridine rings is 1. The fourth-order valence-corrected chi connectivity index (χ4v) is 4.24. The highest BCUT2D eigenvalue weighted by Crippen LogP contribution is 2.50. The zero-order valence-corrected chi connectivity index (χ0v) is 16.1. The smallest absolute Gasteiger partial charge is 0.201 e. The first-order valence-corrected chi connectivity index (χ1v) is 9.11. The van der Waals surface area contributed by atoms with Crippen molar-refractivity contribution >= 4 is 0 Å². The van der Waals surface area contributed by atoms with Gasteiger partial charge in [-0.15, -0.1) is 0 Å². The van der Waals surface area contributed by atoms with Gasteiger partial charge < -0.3 is 0 Å². The summed E-state index contributed by atoms with van der Waals surface area (Å²) in [6.45, 7) is 5.72. The summed E-state index contributed by atoms with van der Waals surface area (Å²) in [6, 6.07) is 16.9. The van der Waals surface area contributed by atoms with Gasteiger partial charge in [0.05, 0.1) is 0 Å². The van der Waals surface area contributed by atoms with Crippen molar-refractivity contribution in [3.63, 3.8) is 0 Å². The maximum Gasteiger partial charge on any atom is 0.212 e. The van der Waals surface area contributed by atoms with E-state index in [9.17, 15) is 0 Å². The van der Waals surface area contributed by atoms with Crippen molar-refractivity contribution in [1.82, 2.24) is 0 Å². The van der Waals surface area contributed by atoms with E-state index in [1.54, 1.807) is 12.3 Å². The number of nitrogens with zero attached hydrogens (tertiary/aromatic N) is 1. The quantitative estimate of drug-likeness (QED) is 0.507. The predicted octanol–water partition coefficient (Wildman–Crippen LogP) is 5.92. The Morgan fingerprint density at radius 2 is 1.77 bits per heavy atom. The third-order valence-electron chi connectivity index (χ3n) is 5.77. The Balaban J connectivity index is 1.85. The van der Waals surface area contributed by atoms with Crippen LogP contribution in [0.25, 0.3) is 22.4 Å². The molecule has 4 rings (SSSR count). The molecule has 0 N–H and O–H groups in total. The number of rotatable bonds is 2. The van der Waals surface area contributed by atoms with E-state index in [0.717, 1.165) is 11.3 Å². The van der Waals surface area contributed by atoms with Crippen LogP contribution in [0, 0.1) is 6.92 Å². The largest absolute Gasteiger partial charge is 0.212 e. The highest BCUT2D eigenvalue weighted by Gasteiger charge is 2.36. The molecular formula is C25H28N+. The van der Waals surface area contributed by atoms with Crippen molar-refractivity contribution < 1.29 is 10.1 Å². The van der Waals surface area contributed by atoms with E-state index in [1.165, 1.54) is 34.7 Å². The summed E-state index contributed by atoms with van der Waals surface area (Å²) >= 11 is 0. The van der Waals surface area contributed by atoms with E-state index in [2.05, 4.69) is 57.2 Å². The Hall–Kier alpha value is -2.41. The van der Waals surface area contributed by atoms with Crippen molar-refractivity contribution in [2.24, 2.45) is 7.05 Å². The molecule has 0 amide bonds. The summed E-state index contributed by atoms with van der Waals surface area (Å²) < 4.78 is 33.5. The van der Waals surface area contributed by atoms with Gasteiger partial charge in [0.25, 0.3) is 0 Å². The lowest BCUT2D eigenvalue weighted by molar-refractivity contribution is -0.660. The maximum atomic E-state index is 8.38. The van der Waals surface area contributed by atoms with Gasteiger partial charge in [-0.05, 0) is 52.8 Å². The van der Waals surface area contributed by atoms with Crippen molar-refractivity contribution in [3.8, 4) is 22.4 Å². The Kier molecular flexibility index (Phi) is 2.87. The van der Waals surface area contributed by atoms with Crippen LogP contribution in [0.4, 0.5) is 0 Å².